The van der Waals surface area contributed by atoms with E-state index in [4.69, 9.17) is 22.9 Å². The molecule has 13 N–H and O–H groups in total. The molecule has 1 aromatic heterocycles. The van der Waals surface area contributed by atoms with E-state index in [1.807, 2.05) is 24.3 Å². The number of H-pyrrole nitrogens is 1. The average molecular weight is 592 g/mol. The summed E-state index contributed by atoms with van der Waals surface area (Å²) in [6.07, 6.45) is 4.01. The van der Waals surface area contributed by atoms with E-state index in [1.54, 1.807) is 6.20 Å². The van der Waals surface area contributed by atoms with E-state index in [2.05, 4.69) is 38.6 Å². The molecule has 0 aliphatic carbocycles. The topological polar surface area (TPSA) is 257 Å². The number of amides is 3. The molecule has 4 unspecified atom stereocenters. The highest BCUT2D eigenvalue weighted by Gasteiger charge is 2.30. The second kappa shape index (κ2) is 17.1. The molecule has 41 heavy (non-hydrogen) atoms. The van der Waals surface area contributed by atoms with Crippen molar-refractivity contribution in [3.05, 3.63) is 36.0 Å². The number of fused-ring (bicyclic) bond motifs is 1. The molecule has 1 aromatic carbocycles. The van der Waals surface area contributed by atoms with Crippen LogP contribution in [0.5, 0.6) is 0 Å². The van der Waals surface area contributed by atoms with Crippen molar-refractivity contribution in [2.75, 3.05) is 18.8 Å². The van der Waals surface area contributed by atoms with E-state index >= 15 is 0 Å². The molecule has 15 heteroatoms. The zero-order chi connectivity index (χ0) is 30.4. The average Bonchev–Trinajstić information content (AvgIpc) is 3.35. The molecule has 0 spiro atoms. The van der Waals surface area contributed by atoms with Crippen molar-refractivity contribution in [3.63, 3.8) is 0 Å². The molecule has 2 aromatic rings. The maximum absolute atomic E-state index is 13.6. The number of hydrogen-bond donors (Lipinski definition) is 10. The second-order valence-electron chi connectivity index (χ2n) is 9.61. The highest BCUT2D eigenvalue weighted by atomic mass is 32.1. The Bertz CT molecular complexity index is 1200. The summed E-state index contributed by atoms with van der Waals surface area (Å²) in [4.78, 5) is 58.1. The van der Waals surface area contributed by atoms with Crippen LogP contribution in [0.4, 0.5) is 0 Å². The summed E-state index contributed by atoms with van der Waals surface area (Å²) in [5.41, 5.74) is 24.0. The number of nitrogens with zero attached hydrogens (tertiary/aromatic N) is 1. The van der Waals surface area contributed by atoms with Gasteiger partial charge in [0.05, 0.1) is 6.04 Å². The van der Waals surface area contributed by atoms with Crippen LogP contribution >= 0.6 is 12.6 Å². The lowest BCUT2D eigenvalue weighted by Crippen LogP contribution is -2.57. The number of aromatic amines is 1. The second-order valence-corrected chi connectivity index (χ2v) is 9.97. The van der Waals surface area contributed by atoms with Gasteiger partial charge in [-0.25, -0.2) is 4.79 Å². The molecule has 3 amide bonds. The smallest absolute Gasteiger partial charge is 0.327 e. The molecule has 0 radical (unpaired) electrons. The molecule has 1 heterocycles. The van der Waals surface area contributed by atoms with Gasteiger partial charge in [0.25, 0.3) is 0 Å². The number of carbonyl (C=O) groups excluding carboxylic acids is 3. The van der Waals surface area contributed by atoms with Crippen LogP contribution in [0.1, 0.15) is 37.7 Å². The van der Waals surface area contributed by atoms with Crippen molar-refractivity contribution >= 4 is 53.2 Å². The Morgan fingerprint density at radius 3 is 2.24 bits per heavy atom. The van der Waals surface area contributed by atoms with E-state index < -0.39 is 47.9 Å². The predicted molar refractivity (Wildman–Crippen MR) is 160 cm³/mol. The lowest BCUT2D eigenvalue weighted by atomic mass is 10.0. The highest BCUT2D eigenvalue weighted by Crippen LogP contribution is 2.19. The standard InChI is InChI=1S/C26H41N9O5S/c27-10-4-3-7-17(28)22(36)34-20(12-15-13-32-18-8-2-1-6-16(15)18)24(38)33-19(9-5-11-31-26(29)30)23(37)35-21(14-41)25(39)40/h1-2,6,8,13,17,19-21,32,41H,3-5,7,9-12,14,27-28H2,(H,33,38)(H,34,36)(H,35,37)(H,39,40)(H4,29,30,31). The number of aromatic nitrogens is 1. The Hall–Kier alpha value is -3.82. The number of thiol groups is 1. The van der Waals surface area contributed by atoms with Crippen LogP contribution in [0, 0.1) is 0 Å². The van der Waals surface area contributed by atoms with E-state index in [0.717, 1.165) is 16.5 Å². The molecule has 0 saturated carbocycles. The van der Waals surface area contributed by atoms with E-state index in [0.29, 0.717) is 32.2 Å². The Balaban J connectivity index is 2.28. The van der Waals surface area contributed by atoms with Gasteiger partial charge in [-0.05, 0) is 43.9 Å². The van der Waals surface area contributed by atoms with Crippen LogP contribution < -0.4 is 38.9 Å². The molecule has 4 atom stereocenters. The van der Waals surface area contributed by atoms with Gasteiger partial charge in [-0.2, -0.15) is 12.6 Å². The Morgan fingerprint density at radius 1 is 0.927 bits per heavy atom. The van der Waals surface area contributed by atoms with E-state index in [9.17, 15) is 24.3 Å². The van der Waals surface area contributed by atoms with Crippen LogP contribution in [0.15, 0.2) is 35.5 Å². The molecule has 14 nitrogen and oxygen atoms in total. The van der Waals surface area contributed by atoms with Crippen LogP contribution in [-0.2, 0) is 25.6 Å². The number of rotatable bonds is 18. The normalized spacial score (nSPS) is 13.9. The van der Waals surface area contributed by atoms with Gasteiger partial charge in [0.1, 0.15) is 18.1 Å². The third kappa shape index (κ3) is 10.9. The SMILES string of the molecule is NCCCCC(N)C(=O)NC(Cc1c[nH]c2ccccc12)C(=O)NC(CCCN=C(N)N)C(=O)NC(CS)C(=O)O. The van der Waals surface area contributed by atoms with Crippen LogP contribution in [0.3, 0.4) is 0 Å². The van der Waals surface area contributed by atoms with Crippen molar-refractivity contribution in [1.29, 1.82) is 0 Å². The van der Waals surface area contributed by atoms with Gasteiger partial charge < -0.3 is 49.0 Å². The van der Waals surface area contributed by atoms with Gasteiger partial charge in [-0.1, -0.05) is 24.6 Å². The number of nitrogens with one attached hydrogen (secondary N) is 4. The van der Waals surface area contributed by atoms with Crippen molar-refractivity contribution in [2.24, 2.45) is 27.9 Å². The minimum Gasteiger partial charge on any atom is -0.480 e. The number of hydrogen-bond acceptors (Lipinski definition) is 8. The number of guanidine groups is 1. The van der Waals surface area contributed by atoms with Crippen molar-refractivity contribution < 1.29 is 24.3 Å². The minimum absolute atomic E-state index is 0.0968. The number of aliphatic carboxylic acids is 1. The summed E-state index contributed by atoms with van der Waals surface area (Å²) in [5, 5.41) is 18.0. The number of aliphatic imine (C=N–C) groups is 1. The van der Waals surface area contributed by atoms with Gasteiger partial charge in [0, 0.05) is 35.8 Å². The first-order chi connectivity index (χ1) is 19.6. The Morgan fingerprint density at radius 2 is 1.59 bits per heavy atom. The lowest BCUT2D eigenvalue weighted by molar-refractivity contribution is -0.141. The fourth-order valence-corrected chi connectivity index (χ4v) is 4.40. The molecule has 0 fully saturated rings. The summed E-state index contributed by atoms with van der Waals surface area (Å²) in [6, 6.07) is 3.15. The fraction of sp³-hybridized carbons (Fsp3) is 0.500. The first-order valence-electron chi connectivity index (χ1n) is 13.4. The molecule has 2 rings (SSSR count). The zero-order valence-corrected chi connectivity index (χ0v) is 23.7. The zero-order valence-electron chi connectivity index (χ0n) is 22.8. The number of benzene rings is 1. The lowest BCUT2D eigenvalue weighted by Gasteiger charge is -2.25. The van der Waals surface area contributed by atoms with Gasteiger partial charge in [-0.3, -0.25) is 19.4 Å². The maximum Gasteiger partial charge on any atom is 0.327 e. The van der Waals surface area contributed by atoms with E-state index in [-0.39, 0.29) is 31.1 Å². The molecule has 0 aliphatic heterocycles. The summed E-state index contributed by atoms with van der Waals surface area (Å²) in [5.74, 6) is -3.43. The minimum atomic E-state index is -1.27. The van der Waals surface area contributed by atoms with Crippen molar-refractivity contribution in [3.8, 4) is 0 Å². The van der Waals surface area contributed by atoms with Gasteiger partial charge in [-0.15, -0.1) is 0 Å². The number of carboxylic acid groups (broad SMARTS) is 1. The van der Waals surface area contributed by atoms with Crippen molar-refractivity contribution in [2.45, 2.75) is 62.7 Å². The summed E-state index contributed by atoms with van der Waals surface area (Å²) >= 11 is 3.98. The predicted octanol–water partition coefficient (Wildman–Crippen LogP) is -1.31. The van der Waals surface area contributed by atoms with Crippen LogP contribution in [0.2, 0.25) is 0 Å². The fourth-order valence-electron chi connectivity index (χ4n) is 4.15. The van der Waals surface area contributed by atoms with Crippen LogP contribution in [-0.4, -0.2) is 82.8 Å². The number of unbranched alkanes of at least 4 members (excludes halogenated alkanes) is 1. The molecular formula is C26H41N9O5S. The van der Waals surface area contributed by atoms with Gasteiger partial charge >= 0.3 is 5.97 Å². The number of nitrogens with two attached hydrogens (primary N) is 4. The maximum atomic E-state index is 13.6. The highest BCUT2D eigenvalue weighted by molar-refractivity contribution is 7.80. The van der Waals surface area contributed by atoms with Gasteiger partial charge in [0.2, 0.25) is 17.7 Å². The Labute approximate surface area is 243 Å². The number of carbonyl (C=O) groups is 4. The largest absolute Gasteiger partial charge is 0.480 e. The molecule has 0 aliphatic rings. The first-order valence-corrected chi connectivity index (χ1v) is 14.0. The number of para-hydroxylation sites is 1. The summed E-state index contributed by atoms with van der Waals surface area (Å²) < 4.78 is 0. The Kier molecular flexibility index (Phi) is 13.9. The third-order valence-corrected chi connectivity index (χ3v) is 6.78. The van der Waals surface area contributed by atoms with Gasteiger partial charge in [0.15, 0.2) is 5.96 Å². The molecular weight excluding hydrogens is 550 g/mol. The first kappa shape index (κ1) is 33.4. The van der Waals surface area contributed by atoms with Crippen LogP contribution in [0.25, 0.3) is 10.9 Å². The summed E-state index contributed by atoms with van der Waals surface area (Å²) in [6.45, 7) is 0.659. The number of carboxylic acids is 1. The monoisotopic (exact) mass is 591 g/mol. The van der Waals surface area contributed by atoms with Crippen molar-refractivity contribution in [1.82, 2.24) is 20.9 Å². The third-order valence-electron chi connectivity index (χ3n) is 6.41. The molecule has 0 saturated heterocycles. The summed E-state index contributed by atoms with van der Waals surface area (Å²) in [7, 11) is 0. The quantitative estimate of drug-likeness (QED) is 0.0426. The van der Waals surface area contributed by atoms with E-state index in [1.165, 1.54) is 0 Å². The molecule has 226 valence electrons. The molecule has 0 bridgehead atoms.